The summed E-state index contributed by atoms with van der Waals surface area (Å²) in [4.78, 5) is 19.0. The molecule has 140 valence electrons. The Bertz CT molecular complexity index is 900. The molecule has 0 saturated carbocycles. The summed E-state index contributed by atoms with van der Waals surface area (Å²) in [6.45, 7) is 5.22. The second-order valence-corrected chi connectivity index (χ2v) is 6.18. The highest BCUT2D eigenvalue weighted by Gasteiger charge is 2.10. The highest BCUT2D eigenvalue weighted by atomic mass is 19.1. The van der Waals surface area contributed by atoms with Crippen LogP contribution in [-0.2, 0) is 4.74 Å². The van der Waals surface area contributed by atoms with Crippen molar-refractivity contribution in [2.45, 2.75) is 0 Å². The van der Waals surface area contributed by atoms with Crippen molar-refractivity contribution in [1.29, 1.82) is 0 Å². The van der Waals surface area contributed by atoms with Crippen LogP contribution in [0.2, 0.25) is 0 Å². The molecule has 1 saturated heterocycles. The summed E-state index contributed by atoms with van der Waals surface area (Å²) in [5, 5.41) is 7.32. The number of pyridine rings is 2. The molecule has 2 N–H and O–H groups in total. The van der Waals surface area contributed by atoms with Crippen LogP contribution in [0, 0.1) is 5.95 Å². The van der Waals surface area contributed by atoms with Gasteiger partial charge in [0.2, 0.25) is 5.95 Å². The first-order chi connectivity index (χ1) is 13.3. The first-order valence-electron chi connectivity index (χ1n) is 8.81. The molecule has 8 nitrogen and oxygen atoms in total. The molecule has 0 aliphatic carbocycles. The number of hydrogen-bond donors (Lipinski definition) is 2. The van der Waals surface area contributed by atoms with E-state index in [1.54, 1.807) is 12.3 Å². The maximum atomic E-state index is 13.0. The first kappa shape index (κ1) is 17.5. The number of hydrogen-bond acceptors (Lipinski definition) is 8. The molecule has 0 amide bonds. The number of halogens is 1. The van der Waals surface area contributed by atoms with Crippen LogP contribution in [0.3, 0.4) is 0 Å². The van der Waals surface area contributed by atoms with Gasteiger partial charge in [-0.15, -0.1) is 0 Å². The van der Waals surface area contributed by atoms with Gasteiger partial charge in [0.05, 0.1) is 36.8 Å². The number of morpholine rings is 1. The number of anilines is 3. The van der Waals surface area contributed by atoms with Gasteiger partial charge in [-0.2, -0.15) is 4.39 Å². The van der Waals surface area contributed by atoms with E-state index in [2.05, 4.69) is 35.5 Å². The molecule has 0 spiro atoms. The molecule has 3 aromatic rings. The Morgan fingerprint density at radius 3 is 2.78 bits per heavy atom. The van der Waals surface area contributed by atoms with E-state index in [0.717, 1.165) is 56.1 Å². The van der Waals surface area contributed by atoms with Crippen LogP contribution in [0.5, 0.6) is 0 Å². The average Bonchev–Trinajstić information content (AvgIpc) is 2.71. The molecule has 27 heavy (non-hydrogen) atoms. The molecule has 1 aliphatic heterocycles. The summed E-state index contributed by atoms with van der Waals surface area (Å²) < 4.78 is 18.4. The van der Waals surface area contributed by atoms with Gasteiger partial charge in [-0.3, -0.25) is 4.90 Å². The molecule has 0 bridgehead atoms. The number of ether oxygens (including phenoxy) is 1. The Balaban J connectivity index is 1.47. The Morgan fingerprint density at radius 1 is 1.07 bits per heavy atom. The molecule has 3 aromatic heterocycles. The van der Waals surface area contributed by atoms with Crippen LogP contribution in [0.1, 0.15) is 0 Å². The van der Waals surface area contributed by atoms with E-state index in [0.29, 0.717) is 11.5 Å². The van der Waals surface area contributed by atoms with Gasteiger partial charge >= 0.3 is 0 Å². The Morgan fingerprint density at radius 2 is 1.96 bits per heavy atom. The van der Waals surface area contributed by atoms with Crippen LogP contribution in [0.25, 0.3) is 10.9 Å². The van der Waals surface area contributed by atoms with E-state index in [9.17, 15) is 4.39 Å². The summed E-state index contributed by atoms with van der Waals surface area (Å²) >= 11 is 0. The van der Waals surface area contributed by atoms with Gasteiger partial charge in [0, 0.05) is 31.6 Å². The predicted octanol–water partition coefficient (Wildman–Crippen LogP) is 2.05. The van der Waals surface area contributed by atoms with Gasteiger partial charge in [0.1, 0.15) is 18.0 Å². The van der Waals surface area contributed by atoms with Crippen molar-refractivity contribution < 1.29 is 9.13 Å². The lowest BCUT2D eigenvalue weighted by molar-refractivity contribution is 0.0398. The number of fused-ring (bicyclic) bond motifs is 1. The molecule has 1 aliphatic rings. The van der Waals surface area contributed by atoms with Crippen molar-refractivity contribution in [3.63, 3.8) is 0 Å². The minimum absolute atomic E-state index is 0.524. The van der Waals surface area contributed by atoms with Crippen LogP contribution >= 0.6 is 0 Å². The van der Waals surface area contributed by atoms with Crippen molar-refractivity contribution in [2.24, 2.45) is 0 Å². The molecule has 4 rings (SSSR count). The second kappa shape index (κ2) is 8.19. The fourth-order valence-corrected chi connectivity index (χ4v) is 2.91. The number of aromatic nitrogens is 4. The van der Waals surface area contributed by atoms with Crippen molar-refractivity contribution in [3.05, 3.63) is 42.9 Å². The third kappa shape index (κ3) is 4.44. The van der Waals surface area contributed by atoms with E-state index in [1.165, 1.54) is 18.6 Å². The zero-order valence-corrected chi connectivity index (χ0v) is 14.7. The maximum Gasteiger partial charge on any atom is 0.212 e. The van der Waals surface area contributed by atoms with E-state index in [4.69, 9.17) is 4.74 Å². The Kier molecular flexibility index (Phi) is 5.31. The minimum Gasteiger partial charge on any atom is -0.379 e. The van der Waals surface area contributed by atoms with Crippen molar-refractivity contribution in [3.8, 4) is 0 Å². The number of rotatable bonds is 6. The maximum absolute atomic E-state index is 13.0. The van der Waals surface area contributed by atoms with Crippen molar-refractivity contribution in [1.82, 2.24) is 24.8 Å². The van der Waals surface area contributed by atoms with Gasteiger partial charge in [0.15, 0.2) is 0 Å². The Labute approximate surface area is 155 Å². The van der Waals surface area contributed by atoms with Crippen LogP contribution in [0.15, 0.2) is 36.9 Å². The monoisotopic (exact) mass is 369 g/mol. The standard InChI is InChI=1S/C18H20FN7O/c19-16-2-1-13(10-21-16)25-18-14-9-17(22-11-15(14)23-12-24-18)20-3-4-26-5-7-27-8-6-26/h1-2,9-12H,3-8H2,(H,20,22)(H,23,24,25). The molecule has 1 fully saturated rings. The smallest absolute Gasteiger partial charge is 0.212 e. The molecule has 0 atom stereocenters. The molecule has 9 heteroatoms. The largest absolute Gasteiger partial charge is 0.379 e. The zero-order valence-electron chi connectivity index (χ0n) is 14.7. The lowest BCUT2D eigenvalue weighted by Crippen LogP contribution is -2.39. The topological polar surface area (TPSA) is 88.1 Å². The van der Waals surface area contributed by atoms with Gasteiger partial charge in [0.25, 0.3) is 0 Å². The highest BCUT2D eigenvalue weighted by Crippen LogP contribution is 2.24. The highest BCUT2D eigenvalue weighted by molar-refractivity contribution is 5.91. The summed E-state index contributed by atoms with van der Waals surface area (Å²) in [5.74, 6) is 0.849. The summed E-state index contributed by atoms with van der Waals surface area (Å²) in [6.07, 6.45) is 4.60. The number of nitrogens with one attached hydrogen (secondary N) is 2. The fourth-order valence-electron chi connectivity index (χ4n) is 2.91. The molecular formula is C18H20FN7O. The summed E-state index contributed by atoms with van der Waals surface area (Å²) in [5.41, 5.74) is 1.37. The SMILES string of the molecule is Fc1ccc(Nc2ncnc3cnc(NCCN4CCOCC4)cc23)cn1. The molecular weight excluding hydrogens is 349 g/mol. The second-order valence-electron chi connectivity index (χ2n) is 6.18. The zero-order chi connectivity index (χ0) is 18.5. The van der Waals surface area contributed by atoms with Crippen molar-refractivity contribution >= 4 is 28.2 Å². The minimum atomic E-state index is -0.524. The summed E-state index contributed by atoms with van der Waals surface area (Å²) in [7, 11) is 0. The van der Waals surface area contributed by atoms with Crippen molar-refractivity contribution in [2.75, 3.05) is 50.0 Å². The van der Waals surface area contributed by atoms with E-state index in [1.807, 2.05) is 6.07 Å². The molecule has 0 radical (unpaired) electrons. The summed E-state index contributed by atoms with van der Waals surface area (Å²) in [6, 6.07) is 4.82. The lowest BCUT2D eigenvalue weighted by atomic mass is 10.2. The van der Waals surface area contributed by atoms with Crippen LogP contribution in [0.4, 0.5) is 21.7 Å². The normalized spacial score (nSPS) is 15.0. The molecule has 4 heterocycles. The fraction of sp³-hybridized carbons (Fsp3) is 0.333. The average molecular weight is 369 g/mol. The van der Waals surface area contributed by atoms with Gasteiger partial charge in [-0.05, 0) is 18.2 Å². The van der Waals surface area contributed by atoms with E-state index >= 15 is 0 Å². The van der Waals surface area contributed by atoms with Crippen LogP contribution in [-0.4, -0.2) is 64.2 Å². The van der Waals surface area contributed by atoms with E-state index in [-0.39, 0.29) is 0 Å². The van der Waals surface area contributed by atoms with Crippen LogP contribution < -0.4 is 10.6 Å². The molecule has 0 unspecified atom stereocenters. The van der Waals surface area contributed by atoms with Gasteiger partial charge < -0.3 is 15.4 Å². The Hall–Kier alpha value is -2.91. The third-order valence-electron chi connectivity index (χ3n) is 4.35. The third-order valence-corrected chi connectivity index (χ3v) is 4.35. The van der Waals surface area contributed by atoms with Gasteiger partial charge in [-0.25, -0.2) is 19.9 Å². The quantitative estimate of drug-likeness (QED) is 0.639. The lowest BCUT2D eigenvalue weighted by Gasteiger charge is -2.26. The number of nitrogens with zero attached hydrogens (tertiary/aromatic N) is 5. The molecule has 0 aromatic carbocycles. The van der Waals surface area contributed by atoms with E-state index < -0.39 is 5.95 Å². The van der Waals surface area contributed by atoms with Gasteiger partial charge in [-0.1, -0.05) is 0 Å². The predicted molar refractivity (Wildman–Crippen MR) is 101 cm³/mol. The first-order valence-corrected chi connectivity index (χ1v) is 8.81.